The molecular weight excluding hydrogens is 478 g/mol. The number of aryl methyl sites for hydroxylation is 1. The van der Waals surface area contributed by atoms with Crippen LogP contribution in [0, 0.1) is 12.8 Å². The molecule has 0 bridgehead atoms. The number of fused-ring (bicyclic) bond motifs is 1. The normalized spacial score (nSPS) is 15.5. The number of hydrogen-bond acceptors (Lipinski definition) is 5. The predicted molar refractivity (Wildman–Crippen MR) is 146 cm³/mol. The molecule has 0 spiro atoms. The summed E-state index contributed by atoms with van der Waals surface area (Å²) < 4.78 is 0. The van der Waals surface area contributed by atoms with Crippen molar-refractivity contribution in [2.75, 3.05) is 52.2 Å². The molecule has 2 aromatic carbocycles. The third kappa shape index (κ3) is 6.98. The van der Waals surface area contributed by atoms with Gasteiger partial charge in [-0.25, -0.2) is 4.98 Å². The number of piperidine rings is 1. The van der Waals surface area contributed by atoms with E-state index in [0.29, 0.717) is 5.02 Å². The molecular formula is C27H36ClN5O3. The summed E-state index contributed by atoms with van der Waals surface area (Å²) >= 11 is 6.58. The lowest BCUT2D eigenvalue weighted by atomic mass is 9.95. The summed E-state index contributed by atoms with van der Waals surface area (Å²) in [5.74, 6) is 1.05. The Bertz CT molecular complexity index is 1180. The Kier molecular flexibility index (Phi) is 9.73. The van der Waals surface area contributed by atoms with Crippen LogP contribution in [-0.2, 0) is 9.59 Å². The van der Waals surface area contributed by atoms with E-state index in [1.54, 1.807) is 0 Å². The standard InChI is InChI=1S/C26H34ClN5O.CH2O2/c1-18-8-11-23-24(15-18)29-25(28-23)21-16-20(9-10-22(21)27)32-14-5-7-19(17-32)26(33)31(4)13-6-12-30(2)3;2-1-3/h8-11,15-16,19H,5-7,12-14,17H2,1-4H3,(H,28,29);1H,(H,2,3)/t19-;/m0./s1. The van der Waals surface area contributed by atoms with E-state index in [1.807, 2.05) is 30.1 Å². The molecule has 0 aliphatic carbocycles. The van der Waals surface area contributed by atoms with E-state index in [-0.39, 0.29) is 18.3 Å². The van der Waals surface area contributed by atoms with E-state index in [2.05, 4.69) is 54.0 Å². The molecule has 1 aliphatic heterocycles. The van der Waals surface area contributed by atoms with E-state index in [1.165, 1.54) is 5.56 Å². The molecule has 2 heterocycles. The van der Waals surface area contributed by atoms with E-state index < -0.39 is 0 Å². The van der Waals surface area contributed by atoms with Gasteiger partial charge in [0.15, 0.2) is 0 Å². The van der Waals surface area contributed by atoms with Gasteiger partial charge in [-0.05, 0) is 82.7 Å². The second-order valence-electron chi connectivity index (χ2n) is 9.58. The molecule has 36 heavy (non-hydrogen) atoms. The number of carbonyl (C=O) groups excluding carboxylic acids is 1. The summed E-state index contributed by atoms with van der Waals surface area (Å²) in [5, 5.41) is 7.56. The first-order valence-corrected chi connectivity index (χ1v) is 12.6. The zero-order chi connectivity index (χ0) is 26.2. The first kappa shape index (κ1) is 27.5. The number of H-pyrrole nitrogens is 1. The fourth-order valence-corrected chi connectivity index (χ4v) is 4.81. The number of amides is 1. The number of nitrogens with zero attached hydrogens (tertiary/aromatic N) is 4. The van der Waals surface area contributed by atoms with Gasteiger partial charge in [0.1, 0.15) is 5.82 Å². The van der Waals surface area contributed by atoms with Gasteiger partial charge in [-0.3, -0.25) is 9.59 Å². The summed E-state index contributed by atoms with van der Waals surface area (Å²) in [6.45, 7) is 5.28. The number of halogens is 1. The van der Waals surface area contributed by atoms with Crippen LogP contribution in [0.4, 0.5) is 5.69 Å². The largest absolute Gasteiger partial charge is 0.483 e. The molecule has 1 fully saturated rings. The molecule has 0 saturated carbocycles. The van der Waals surface area contributed by atoms with Crippen LogP contribution in [0.1, 0.15) is 24.8 Å². The molecule has 1 aliphatic rings. The number of carboxylic acid groups (broad SMARTS) is 1. The minimum absolute atomic E-state index is 0.0245. The number of aromatic amines is 1. The van der Waals surface area contributed by atoms with Crippen LogP contribution in [-0.4, -0.2) is 84.6 Å². The van der Waals surface area contributed by atoms with E-state index in [0.717, 1.165) is 73.6 Å². The fourth-order valence-electron chi connectivity index (χ4n) is 4.60. The molecule has 3 aromatic rings. The number of hydrogen-bond donors (Lipinski definition) is 2. The lowest BCUT2D eigenvalue weighted by molar-refractivity contribution is -0.134. The smallest absolute Gasteiger partial charge is 0.290 e. The van der Waals surface area contributed by atoms with Crippen molar-refractivity contribution in [3.05, 3.63) is 47.0 Å². The maximum atomic E-state index is 13.1. The number of carbonyl (C=O) groups is 2. The molecule has 0 radical (unpaired) electrons. The maximum absolute atomic E-state index is 13.1. The van der Waals surface area contributed by atoms with Crippen molar-refractivity contribution < 1.29 is 14.7 Å². The molecule has 1 atom stereocenters. The van der Waals surface area contributed by atoms with Crippen molar-refractivity contribution in [3.8, 4) is 11.4 Å². The third-order valence-electron chi connectivity index (χ3n) is 6.45. The van der Waals surface area contributed by atoms with Gasteiger partial charge in [-0.15, -0.1) is 0 Å². The average molecular weight is 514 g/mol. The summed E-state index contributed by atoms with van der Waals surface area (Å²) in [6.07, 6.45) is 2.93. The van der Waals surface area contributed by atoms with Crippen molar-refractivity contribution in [1.29, 1.82) is 0 Å². The molecule has 1 aromatic heterocycles. The van der Waals surface area contributed by atoms with Crippen LogP contribution in [0.3, 0.4) is 0 Å². The number of imidazole rings is 1. The van der Waals surface area contributed by atoms with Crippen molar-refractivity contribution in [2.24, 2.45) is 5.92 Å². The molecule has 1 amide bonds. The Hall–Kier alpha value is -3.10. The maximum Gasteiger partial charge on any atom is 0.290 e. The Morgan fingerprint density at radius 1 is 1.22 bits per heavy atom. The highest BCUT2D eigenvalue weighted by atomic mass is 35.5. The Morgan fingerprint density at radius 3 is 2.69 bits per heavy atom. The highest BCUT2D eigenvalue weighted by molar-refractivity contribution is 6.33. The van der Waals surface area contributed by atoms with Crippen LogP contribution in [0.15, 0.2) is 36.4 Å². The quantitative estimate of drug-likeness (QED) is 0.451. The van der Waals surface area contributed by atoms with Crippen molar-refractivity contribution >= 4 is 40.7 Å². The zero-order valence-electron chi connectivity index (χ0n) is 21.5. The van der Waals surface area contributed by atoms with Crippen molar-refractivity contribution in [1.82, 2.24) is 19.8 Å². The van der Waals surface area contributed by atoms with E-state index in [4.69, 9.17) is 26.5 Å². The van der Waals surface area contributed by atoms with Gasteiger partial charge in [0.25, 0.3) is 6.47 Å². The highest BCUT2D eigenvalue weighted by Gasteiger charge is 2.28. The van der Waals surface area contributed by atoms with Gasteiger partial charge in [-0.1, -0.05) is 17.7 Å². The fraction of sp³-hybridized carbons (Fsp3) is 0.444. The molecule has 8 nitrogen and oxygen atoms in total. The number of rotatable bonds is 7. The molecule has 0 unspecified atom stereocenters. The van der Waals surface area contributed by atoms with Crippen LogP contribution < -0.4 is 4.90 Å². The van der Waals surface area contributed by atoms with Crippen molar-refractivity contribution in [2.45, 2.75) is 26.2 Å². The van der Waals surface area contributed by atoms with Gasteiger partial charge < -0.3 is 24.8 Å². The Balaban J connectivity index is 0.00000115. The monoisotopic (exact) mass is 513 g/mol. The van der Waals surface area contributed by atoms with Gasteiger partial charge in [-0.2, -0.15) is 0 Å². The topological polar surface area (TPSA) is 92.8 Å². The van der Waals surface area contributed by atoms with Crippen LogP contribution in [0.5, 0.6) is 0 Å². The minimum atomic E-state index is -0.250. The molecule has 2 N–H and O–H groups in total. The molecule has 1 saturated heterocycles. The van der Waals surface area contributed by atoms with Crippen LogP contribution >= 0.6 is 11.6 Å². The highest BCUT2D eigenvalue weighted by Crippen LogP contribution is 2.33. The molecule has 4 rings (SSSR count). The summed E-state index contributed by atoms with van der Waals surface area (Å²) in [6, 6.07) is 12.3. The number of aromatic nitrogens is 2. The number of benzene rings is 2. The lowest BCUT2D eigenvalue weighted by Gasteiger charge is -2.35. The van der Waals surface area contributed by atoms with Gasteiger partial charge in [0.05, 0.1) is 22.0 Å². The Morgan fingerprint density at radius 2 is 1.97 bits per heavy atom. The zero-order valence-corrected chi connectivity index (χ0v) is 22.3. The average Bonchev–Trinajstić information content (AvgIpc) is 3.27. The molecule has 194 valence electrons. The minimum Gasteiger partial charge on any atom is -0.483 e. The summed E-state index contributed by atoms with van der Waals surface area (Å²) in [5.41, 5.74) is 5.09. The lowest BCUT2D eigenvalue weighted by Crippen LogP contribution is -2.44. The first-order chi connectivity index (χ1) is 17.2. The molecule has 9 heteroatoms. The number of anilines is 1. The predicted octanol–water partition coefficient (Wildman–Crippen LogP) is 4.52. The van der Waals surface area contributed by atoms with E-state index in [9.17, 15) is 4.79 Å². The van der Waals surface area contributed by atoms with Crippen LogP contribution in [0.2, 0.25) is 5.02 Å². The van der Waals surface area contributed by atoms with Gasteiger partial charge >= 0.3 is 0 Å². The summed E-state index contributed by atoms with van der Waals surface area (Å²) in [4.78, 5) is 36.0. The van der Waals surface area contributed by atoms with Crippen molar-refractivity contribution in [3.63, 3.8) is 0 Å². The second kappa shape index (κ2) is 12.7. The van der Waals surface area contributed by atoms with Gasteiger partial charge in [0.2, 0.25) is 5.91 Å². The summed E-state index contributed by atoms with van der Waals surface area (Å²) in [7, 11) is 6.06. The van der Waals surface area contributed by atoms with E-state index >= 15 is 0 Å². The SMILES string of the molecule is Cc1ccc2nc(-c3cc(N4CCC[C@H](C(=O)N(C)CCCN(C)C)C4)ccc3Cl)[nH]c2c1.O=CO. The first-order valence-electron chi connectivity index (χ1n) is 12.2. The third-order valence-corrected chi connectivity index (χ3v) is 6.78. The van der Waals surface area contributed by atoms with Crippen LogP contribution in [0.25, 0.3) is 22.4 Å². The van der Waals surface area contributed by atoms with Gasteiger partial charge in [0, 0.05) is 37.9 Å². The number of nitrogens with one attached hydrogen (secondary N) is 1. The Labute approximate surface area is 217 Å². The second-order valence-corrected chi connectivity index (χ2v) is 9.98.